The first-order chi connectivity index (χ1) is 7.15. The summed E-state index contributed by atoms with van der Waals surface area (Å²) in [6.07, 6.45) is 0. The lowest BCUT2D eigenvalue weighted by Gasteiger charge is -2.16. The van der Waals surface area contributed by atoms with E-state index in [1.54, 1.807) is 7.11 Å². The molecule has 0 aliphatic heterocycles. The van der Waals surface area contributed by atoms with Crippen molar-refractivity contribution in [3.05, 3.63) is 29.8 Å². The zero-order valence-corrected chi connectivity index (χ0v) is 10.1. The fraction of sp³-hybridized carbons (Fsp3) is 0.364. The van der Waals surface area contributed by atoms with E-state index in [4.69, 9.17) is 17.0 Å². The highest BCUT2D eigenvalue weighted by atomic mass is 32.1. The lowest BCUT2D eigenvalue weighted by Crippen LogP contribution is -2.33. The van der Waals surface area contributed by atoms with Gasteiger partial charge in [0, 0.05) is 26.2 Å². The van der Waals surface area contributed by atoms with E-state index in [2.05, 4.69) is 5.32 Å². The number of nitrogens with zero attached hydrogens (tertiary/aromatic N) is 1. The third-order valence-corrected chi connectivity index (χ3v) is 2.54. The molecule has 0 aliphatic rings. The molecular formula is C11H16N2OS. The van der Waals surface area contributed by atoms with Crippen LogP contribution in [0.1, 0.15) is 5.56 Å². The van der Waals surface area contributed by atoms with E-state index in [-0.39, 0.29) is 0 Å². The second-order valence-electron chi connectivity index (χ2n) is 3.36. The van der Waals surface area contributed by atoms with Crippen LogP contribution >= 0.6 is 12.2 Å². The Bertz CT molecular complexity index is 339. The zero-order valence-electron chi connectivity index (χ0n) is 9.28. The first kappa shape index (κ1) is 11.8. The molecule has 0 unspecified atom stereocenters. The Balaban J connectivity index is 2.61. The van der Waals surface area contributed by atoms with Crippen molar-refractivity contribution >= 4 is 17.3 Å². The lowest BCUT2D eigenvalue weighted by atomic mass is 10.2. The molecule has 1 rings (SSSR count). The van der Waals surface area contributed by atoms with Crippen LogP contribution in [0.2, 0.25) is 0 Å². The Morgan fingerprint density at radius 3 is 2.67 bits per heavy atom. The van der Waals surface area contributed by atoms with Gasteiger partial charge in [-0.05, 0) is 18.3 Å². The summed E-state index contributed by atoms with van der Waals surface area (Å²) in [5.74, 6) is 0.881. The van der Waals surface area contributed by atoms with Crippen molar-refractivity contribution in [2.24, 2.45) is 0 Å². The molecule has 0 spiro atoms. The van der Waals surface area contributed by atoms with E-state index >= 15 is 0 Å². The number of rotatable bonds is 3. The van der Waals surface area contributed by atoms with Crippen molar-refractivity contribution in [3.63, 3.8) is 0 Å². The Morgan fingerprint density at radius 1 is 1.40 bits per heavy atom. The topological polar surface area (TPSA) is 24.5 Å². The van der Waals surface area contributed by atoms with Gasteiger partial charge in [-0.15, -0.1) is 0 Å². The average Bonchev–Trinajstić information content (AvgIpc) is 2.26. The van der Waals surface area contributed by atoms with Crippen LogP contribution in [0.15, 0.2) is 24.3 Å². The molecule has 0 atom stereocenters. The minimum absolute atomic E-state index is 0.682. The minimum atomic E-state index is 0.682. The molecule has 0 bridgehead atoms. The van der Waals surface area contributed by atoms with Gasteiger partial charge in [0.15, 0.2) is 5.11 Å². The third kappa shape index (κ3) is 3.40. The molecule has 0 aliphatic carbocycles. The highest BCUT2D eigenvalue weighted by Gasteiger charge is 2.02. The van der Waals surface area contributed by atoms with Gasteiger partial charge in [-0.1, -0.05) is 18.2 Å². The molecule has 0 radical (unpaired) electrons. The highest BCUT2D eigenvalue weighted by molar-refractivity contribution is 7.80. The molecular weight excluding hydrogens is 208 g/mol. The Labute approximate surface area is 96.0 Å². The molecule has 1 aromatic carbocycles. The van der Waals surface area contributed by atoms with Gasteiger partial charge in [0.2, 0.25) is 0 Å². The molecule has 0 heterocycles. The van der Waals surface area contributed by atoms with Crippen LogP contribution in [0.5, 0.6) is 5.75 Å². The Kier molecular flexibility index (Phi) is 4.37. The summed E-state index contributed by atoms with van der Waals surface area (Å²) in [5, 5.41) is 3.87. The van der Waals surface area contributed by atoms with Crippen molar-refractivity contribution in [2.45, 2.75) is 6.54 Å². The lowest BCUT2D eigenvalue weighted by molar-refractivity contribution is 0.409. The molecule has 82 valence electrons. The molecule has 15 heavy (non-hydrogen) atoms. The van der Waals surface area contributed by atoms with Crippen molar-refractivity contribution < 1.29 is 4.74 Å². The summed E-state index contributed by atoms with van der Waals surface area (Å²) in [6.45, 7) is 0.682. The highest BCUT2D eigenvalue weighted by Crippen LogP contribution is 2.16. The number of nitrogens with one attached hydrogen (secondary N) is 1. The van der Waals surface area contributed by atoms with Gasteiger partial charge in [0.25, 0.3) is 0 Å². The minimum Gasteiger partial charge on any atom is -0.496 e. The summed E-state index contributed by atoms with van der Waals surface area (Å²) in [7, 11) is 5.50. The molecule has 1 aromatic rings. The summed E-state index contributed by atoms with van der Waals surface area (Å²) in [5.41, 5.74) is 1.10. The van der Waals surface area contributed by atoms with Crippen LogP contribution in [0.4, 0.5) is 0 Å². The van der Waals surface area contributed by atoms with Crippen molar-refractivity contribution in [1.82, 2.24) is 10.2 Å². The van der Waals surface area contributed by atoms with E-state index in [9.17, 15) is 0 Å². The predicted octanol–water partition coefficient (Wildman–Crippen LogP) is 1.63. The maximum Gasteiger partial charge on any atom is 0.168 e. The number of hydrogen-bond donors (Lipinski definition) is 1. The van der Waals surface area contributed by atoms with Gasteiger partial charge in [-0.2, -0.15) is 0 Å². The molecule has 1 N–H and O–H groups in total. The SMILES string of the molecule is COc1ccccc1CNC(=S)N(C)C. The summed E-state index contributed by atoms with van der Waals surface area (Å²) < 4.78 is 5.24. The first-order valence-corrected chi connectivity index (χ1v) is 5.13. The second kappa shape index (κ2) is 5.56. The third-order valence-electron chi connectivity index (χ3n) is 2.03. The normalized spacial score (nSPS) is 9.53. The maximum absolute atomic E-state index is 5.24. The van der Waals surface area contributed by atoms with Crippen molar-refractivity contribution in [1.29, 1.82) is 0 Å². The summed E-state index contributed by atoms with van der Waals surface area (Å²) in [4.78, 5) is 1.87. The van der Waals surface area contributed by atoms with E-state index in [0.29, 0.717) is 6.54 Å². The van der Waals surface area contributed by atoms with Crippen LogP contribution < -0.4 is 10.1 Å². The van der Waals surface area contributed by atoms with Gasteiger partial charge < -0.3 is 15.0 Å². The molecule has 0 aromatic heterocycles. The molecule has 4 heteroatoms. The van der Waals surface area contributed by atoms with Crippen LogP contribution in [0, 0.1) is 0 Å². The van der Waals surface area contributed by atoms with Gasteiger partial charge >= 0.3 is 0 Å². The largest absolute Gasteiger partial charge is 0.496 e. The summed E-state index contributed by atoms with van der Waals surface area (Å²) in [6, 6.07) is 7.89. The van der Waals surface area contributed by atoms with E-state index < -0.39 is 0 Å². The van der Waals surface area contributed by atoms with Gasteiger partial charge in [-0.3, -0.25) is 0 Å². The van der Waals surface area contributed by atoms with E-state index in [1.807, 2.05) is 43.3 Å². The van der Waals surface area contributed by atoms with Crippen LogP contribution in [0.25, 0.3) is 0 Å². The fourth-order valence-electron chi connectivity index (χ4n) is 1.18. The molecule has 0 saturated carbocycles. The van der Waals surface area contributed by atoms with E-state index in [1.165, 1.54) is 0 Å². The van der Waals surface area contributed by atoms with Crippen LogP contribution in [-0.4, -0.2) is 31.2 Å². The molecule has 3 nitrogen and oxygen atoms in total. The number of ether oxygens (including phenoxy) is 1. The van der Waals surface area contributed by atoms with Gasteiger partial charge in [0.05, 0.1) is 7.11 Å². The quantitative estimate of drug-likeness (QED) is 0.789. The molecule has 0 amide bonds. The average molecular weight is 224 g/mol. The summed E-state index contributed by atoms with van der Waals surface area (Å²) >= 11 is 5.13. The smallest absolute Gasteiger partial charge is 0.168 e. The second-order valence-corrected chi connectivity index (χ2v) is 3.75. The zero-order chi connectivity index (χ0) is 11.3. The molecule has 0 fully saturated rings. The van der Waals surface area contributed by atoms with Crippen molar-refractivity contribution in [2.75, 3.05) is 21.2 Å². The number of hydrogen-bond acceptors (Lipinski definition) is 2. The van der Waals surface area contributed by atoms with Crippen LogP contribution in [0.3, 0.4) is 0 Å². The Hall–Kier alpha value is -1.29. The number of methoxy groups -OCH3 is 1. The van der Waals surface area contributed by atoms with E-state index in [0.717, 1.165) is 16.4 Å². The van der Waals surface area contributed by atoms with Crippen molar-refractivity contribution in [3.8, 4) is 5.75 Å². The Morgan fingerprint density at radius 2 is 2.07 bits per heavy atom. The van der Waals surface area contributed by atoms with Gasteiger partial charge in [-0.25, -0.2) is 0 Å². The maximum atomic E-state index is 5.24. The van der Waals surface area contributed by atoms with Gasteiger partial charge in [0.1, 0.15) is 5.75 Å². The molecule has 0 saturated heterocycles. The number of thiocarbonyl (C=S) groups is 1. The number of benzene rings is 1. The first-order valence-electron chi connectivity index (χ1n) is 4.72. The number of para-hydroxylation sites is 1. The van der Waals surface area contributed by atoms with Crippen LogP contribution in [-0.2, 0) is 6.54 Å². The predicted molar refractivity (Wildman–Crippen MR) is 66.1 cm³/mol. The standard InChI is InChI=1S/C11H16N2OS/c1-13(2)11(15)12-8-9-6-4-5-7-10(9)14-3/h4-7H,8H2,1-3H3,(H,12,15). The fourth-order valence-corrected chi connectivity index (χ4v) is 1.25. The monoisotopic (exact) mass is 224 g/mol.